The van der Waals surface area contributed by atoms with Gasteiger partial charge in [0.25, 0.3) is 20.1 Å². The van der Waals surface area contributed by atoms with E-state index < -0.39 is 0 Å². The van der Waals surface area contributed by atoms with Crippen molar-refractivity contribution in [3.63, 3.8) is 0 Å². The third-order valence-corrected chi connectivity index (χ3v) is 20.0. The minimum Gasteiger partial charge on any atom is -0.459 e. The van der Waals surface area contributed by atoms with Gasteiger partial charge in [-0.25, -0.2) is 0 Å². The molecule has 6 nitrogen and oxygen atoms in total. The smallest absolute Gasteiger partial charge is 0.256 e. The molecular formula is C83H62B3N5O. The molecule has 0 aliphatic carbocycles. The molecule has 0 amide bonds. The zero-order valence-electron chi connectivity index (χ0n) is 52.0. The van der Waals surface area contributed by atoms with E-state index in [1.165, 1.54) is 66.1 Å². The quantitative estimate of drug-likeness (QED) is 0.141. The van der Waals surface area contributed by atoms with Gasteiger partial charge in [-0.05, 0) is 187 Å². The lowest BCUT2D eigenvalue weighted by Gasteiger charge is -2.47. The highest BCUT2D eigenvalue weighted by Gasteiger charge is 2.51. The predicted molar refractivity (Wildman–Crippen MR) is 390 cm³/mol. The molecule has 13 aromatic carbocycles. The van der Waals surface area contributed by atoms with Crippen LogP contribution >= 0.6 is 0 Å². The van der Waals surface area contributed by atoms with E-state index in [0.29, 0.717) is 0 Å². The van der Waals surface area contributed by atoms with E-state index in [4.69, 9.17) is 4.74 Å². The van der Waals surface area contributed by atoms with Crippen molar-refractivity contribution < 1.29 is 4.74 Å². The van der Waals surface area contributed by atoms with Crippen LogP contribution in [-0.2, 0) is 0 Å². The van der Waals surface area contributed by atoms with Gasteiger partial charge in [-0.15, -0.1) is 0 Å². The summed E-state index contributed by atoms with van der Waals surface area (Å²) >= 11 is 0. The Bertz CT molecular complexity index is 5060. The molecule has 0 bridgehead atoms. The molecule has 0 saturated heterocycles. The second-order valence-corrected chi connectivity index (χ2v) is 25.4. The molecule has 0 saturated carbocycles. The molecule has 0 atom stereocenters. The Morgan fingerprint density at radius 2 is 0.674 bits per heavy atom. The number of ether oxygens (including phenoxy) is 1. The van der Waals surface area contributed by atoms with Crippen molar-refractivity contribution >= 4 is 155 Å². The first-order valence-corrected chi connectivity index (χ1v) is 32.2. The van der Waals surface area contributed by atoms with Gasteiger partial charge in [0.05, 0.1) is 11.4 Å². The molecule has 5 aliphatic heterocycles. The molecule has 0 spiro atoms. The van der Waals surface area contributed by atoms with Crippen LogP contribution < -0.4 is 78.4 Å². The van der Waals surface area contributed by atoms with Crippen molar-refractivity contribution in [2.45, 2.75) is 34.6 Å². The lowest BCUT2D eigenvalue weighted by atomic mass is 9.29. The normalized spacial score (nSPS) is 13.4. The Kier molecular flexibility index (Phi) is 12.3. The first-order chi connectivity index (χ1) is 45.3. The summed E-state index contributed by atoms with van der Waals surface area (Å²) in [6.45, 7) is 10.8. The van der Waals surface area contributed by atoms with Crippen LogP contribution in [0.25, 0.3) is 0 Å². The van der Waals surface area contributed by atoms with Gasteiger partial charge in [-0.1, -0.05) is 204 Å². The molecule has 434 valence electrons. The summed E-state index contributed by atoms with van der Waals surface area (Å²) in [5.74, 6) is 1.76. The molecule has 0 N–H and O–H groups in total. The highest BCUT2D eigenvalue weighted by atomic mass is 16.5. The molecule has 0 fully saturated rings. The fraction of sp³-hybridized carbons (Fsp3) is 0.0602. The van der Waals surface area contributed by atoms with E-state index in [1.54, 1.807) is 0 Å². The Labute approximate surface area is 539 Å². The number of hydrogen-bond donors (Lipinski definition) is 0. The van der Waals surface area contributed by atoms with Crippen LogP contribution in [0.2, 0.25) is 0 Å². The molecular weight excluding hydrogens is 1120 g/mol. The number of aryl methyl sites for hydroxylation is 5. The van der Waals surface area contributed by atoms with Gasteiger partial charge in [0, 0.05) is 80.0 Å². The Hall–Kier alpha value is -11.1. The van der Waals surface area contributed by atoms with Crippen molar-refractivity contribution in [1.82, 2.24) is 0 Å². The van der Waals surface area contributed by atoms with E-state index in [2.05, 4.69) is 344 Å². The maximum atomic E-state index is 8.30. The molecule has 13 aromatic rings. The fourth-order valence-electron chi connectivity index (χ4n) is 16.5. The van der Waals surface area contributed by atoms with Crippen molar-refractivity contribution in [2.75, 3.05) is 24.5 Å². The third-order valence-electron chi connectivity index (χ3n) is 20.0. The first-order valence-electron chi connectivity index (χ1n) is 32.2. The maximum Gasteiger partial charge on any atom is 0.256 e. The van der Waals surface area contributed by atoms with Crippen LogP contribution in [0.3, 0.4) is 0 Å². The maximum absolute atomic E-state index is 8.30. The van der Waals surface area contributed by atoms with E-state index in [1.807, 2.05) is 0 Å². The fourth-order valence-corrected chi connectivity index (χ4v) is 16.5. The second kappa shape index (κ2) is 21.0. The molecule has 18 rings (SSSR count). The predicted octanol–water partition coefficient (Wildman–Crippen LogP) is 15.5. The lowest BCUT2D eigenvalue weighted by Crippen LogP contribution is -2.66. The molecule has 0 radical (unpaired) electrons. The number of hydrogen-bond acceptors (Lipinski definition) is 6. The molecule has 5 aliphatic rings. The summed E-state index contributed by atoms with van der Waals surface area (Å²) in [5, 5.41) is 0. The van der Waals surface area contributed by atoms with Crippen molar-refractivity contribution in [3.8, 4) is 11.5 Å². The summed E-state index contributed by atoms with van der Waals surface area (Å²) in [5.41, 5.74) is 33.8. The van der Waals surface area contributed by atoms with Crippen molar-refractivity contribution in [1.29, 1.82) is 0 Å². The van der Waals surface area contributed by atoms with Crippen LogP contribution in [-0.4, -0.2) is 20.1 Å². The van der Waals surface area contributed by atoms with E-state index >= 15 is 0 Å². The van der Waals surface area contributed by atoms with E-state index in [0.717, 1.165) is 108 Å². The molecule has 92 heavy (non-hydrogen) atoms. The van der Waals surface area contributed by atoms with Gasteiger partial charge in [0.15, 0.2) is 0 Å². The average molecular weight is 1180 g/mol. The SMILES string of the molecule is Cc1cc(C)c(N2c3cc4c(cc3B3c5ccccc5N(c5ccccc5)c5cc(N(c6ccccc6)c6ccccc6)cc2c53)B2c3ccccc3N(c3ccccc3)c3cc5c(c(c32)O4)B(c2c(C)cccc2C)c2ccccc2N5c2ccccc2)c(C)c1. The second-order valence-electron chi connectivity index (χ2n) is 25.4. The zero-order chi connectivity index (χ0) is 61.5. The topological polar surface area (TPSA) is 25.4 Å². The van der Waals surface area contributed by atoms with Gasteiger partial charge < -0.3 is 29.2 Å². The number of para-hydroxylation sites is 8. The van der Waals surface area contributed by atoms with Crippen LogP contribution in [0.5, 0.6) is 11.5 Å². The Morgan fingerprint density at radius 1 is 0.272 bits per heavy atom. The van der Waals surface area contributed by atoms with Gasteiger partial charge in [0.1, 0.15) is 11.5 Å². The Balaban J connectivity index is 0.975. The van der Waals surface area contributed by atoms with Crippen LogP contribution in [0, 0.1) is 34.6 Å². The number of rotatable bonds is 8. The average Bonchev–Trinajstić information content (AvgIpc) is 0.688. The third kappa shape index (κ3) is 8.04. The van der Waals surface area contributed by atoms with Gasteiger partial charge in [-0.3, -0.25) is 0 Å². The molecule has 0 aromatic heterocycles. The largest absolute Gasteiger partial charge is 0.459 e. The summed E-state index contributed by atoms with van der Waals surface area (Å²) in [7, 11) is 0. The first kappa shape index (κ1) is 53.8. The molecule has 5 heterocycles. The minimum atomic E-state index is -0.221. The molecule has 9 heteroatoms. The van der Waals surface area contributed by atoms with Gasteiger partial charge >= 0.3 is 0 Å². The van der Waals surface area contributed by atoms with Crippen LogP contribution in [0.4, 0.5) is 85.3 Å². The Morgan fingerprint density at radius 3 is 1.16 bits per heavy atom. The highest BCUT2D eigenvalue weighted by molar-refractivity contribution is 7.04. The number of anilines is 15. The zero-order valence-corrected chi connectivity index (χ0v) is 52.0. The summed E-state index contributed by atoms with van der Waals surface area (Å²) in [6.07, 6.45) is 0. The standard InChI is InChI=1S/C83H62B3N5O/c1-53-46-56(4)82(57(5)47-53)91-72-52-77-68(50-67(72)84-64-40-21-24-43-69(64)88(60-34-15-8-16-35-60)73-48-63(49-74(91)79(73)84)87(58-30-11-6-12-31-58)59-32-13-7-14-33-59)85-65-41-22-25-44-70(65)89(61-36-17-9-18-37-61)75-51-76-81(83(92-77)80(75)85)86(78-54(2)28-27-29-55(78)3)66-42-23-26-45-71(66)90(76)62-38-19-10-20-39-62/h6-52H,1-5H3. The van der Waals surface area contributed by atoms with Gasteiger partial charge in [-0.2, -0.15) is 0 Å². The van der Waals surface area contributed by atoms with E-state index in [9.17, 15) is 0 Å². The number of nitrogens with zero attached hydrogens (tertiary/aromatic N) is 5. The van der Waals surface area contributed by atoms with E-state index in [-0.39, 0.29) is 20.1 Å². The van der Waals surface area contributed by atoms with Gasteiger partial charge in [0.2, 0.25) is 0 Å². The monoisotopic (exact) mass is 1180 g/mol. The number of fused-ring (bicyclic) bond motifs is 11. The summed E-state index contributed by atoms with van der Waals surface area (Å²) in [4.78, 5) is 12.6. The lowest BCUT2D eigenvalue weighted by molar-refractivity contribution is 0.491. The summed E-state index contributed by atoms with van der Waals surface area (Å²) < 4.78 is 8.30. The van der Waals surface area contributed by atoms with Crippen molar-refractivity contribution in [3.05, 3.63) is 313 Å². The van der Waals surface area contributed by atoms with Crippen molar-refractivity contribution in [2.24, 2.45) is 0 Å². The summed E-state index contributed by atoms with van der Waals surface area (Å²) in [6, 6.07) is 106. The molecule has 0 unspecified atom stereocenters. The number of benzene rings is 13. The minimum absolute atomic E-state index is 0.175. The van der Waals surface area contributed by atoms with Crippen LogP contribution in [0.15, 0.2) is 285 Å². The van der Waals surface area contributed by atoms with Crippen LogP contribution in [0.1, 0.15) is 27.8 Å². The highest BCUT2D eigenvalue weighted by Crippen LogP contribution is 2.52.